The zero-order valence-corrected chi connectivity index (χ0v) is 7.34. The second-order valence-electron chi connectivity index (χ2n) is 1.99. The predicted octanol–water partition coefficient (Wildman–Crippen LogP) is 0.299. The third kappa shape index (κ3) is 7.24. The zero-order valence-electron chi connectivity index (χ0n) is 7.34. The molecule has 0 aromatic carbocycles. The van der Waals surface area contributed by atoms with E-state index in [4.69, 9.17) is 9.47 Å². The van der Waals surface area contributed by atoms with E-state index in [1.165, 1.54) is 6.08 Å². The van der Waals surface area contributed by atoms with E-state index in [1.807, 2.05) is 6.92 Å². The van der Waals surface area contributed by atoms with Gasteiger partial charge in [-0.15, -0.1) is 0 Å². The summed E-state index contributed by atoms with van der Waals surface area (Å²) >= 11 is 0. The van der Waals surface area contributed by atoms with Gasteiger partial charge in [0.05, 0.1) is 13.2 Å². The molecule has 0 aromatic heterocycles. The fourth-order valence-corrected chi connectivity index (χ4v) is 0.529. The minimum Gasteiger partial charge on any atom is -0.379 e. The van der Waals surface area contributed by atoms with Crippen molar-refractivity contribution in [3.63, 3.8) is 0 Å². The maximum Gasteiger partial charge on any atom is 0.245 e. The molecule has 0 unspecified atom stereocenters. The van der Waals surface area contributed by atoms with E-state index in [1.54, 1.807) is 0 Å². The largest absolute Gasteiger partial charge is 0.379 e. The van der Waals surface area contributed by atoms with Gasteiger partial charge in [0.25, 0.3) is 0 Å². The minimum atomic E-state index is -0.230. The van der Waals surface area contributed by atoms with E-state index in [0.717, 1.165) is 0 Å². The van der Waals surface area contributed by atoms with E-state index in [0.29, 0.717) is 19.8 Å². The zero-order chi connectivity index (χ0) is 9.23. The molecule has 0 radical (unpaired) electrons. The lowest BCUT2D eigenvalue weighted by Crippen LogP contribution is -2.24. The van der Waals surface area contributed by atoms with Gasteiger partial charge >= 0.3 is 0 Å². The molecule has 0 fully saturated rings. The van der Waals surface area contributed by atoms with Crippen LogP contribution in [-0.4, -0.2) is 32.5 Å². The quantitative estimate of drug-likeness (QED) is 0.342. The Kier molecular flexibility index (Phi) is 7.63. The van der Waals surface area contributed by atoms with Crippen molar-refractivity contribution < 1.29 is 14.3 Å². The van der Waals surface area contributed by atoms with Crippen LogP contribution in [0.4, 0.5) is 0 Å². The number of ether oxygens (including phenoxy) is 2. The number of hydrogen-bond donors (Lipinski definition) is 1. The molecule has 4 nitrogen and oxygen atoms in total. The molecule has 1 amide bonds. The van der Waals surface area contributed by atoms with Gasteiger partial charge in [0, 0.05) is 6.61 Å². The Morgan fingerprint density at radius 2 is 2.17 bits per heavy atom. The normalized spacial score (nSPS) is 9.42. The molecule has 0 aliphatic heterocycles. The molecule has 0 saturated heterocycles. The lowest BCUT2D eigenvalue weighted by Gasteiger charge is -2.04. The molecule has 70 valence electrons. The molecule has 0 spiro atoms. The summed E-state index contributed by atoms with van der Waals surface area (Å²) in [6, 6.07) is 0. The van der Waals surface area contributed by atoms with Gasteiger partial charge < -0.3 is 14.8 Å². The fraction of sp³-hybridized carbons (Fsp3) is 0.625. The third-order valence-corrected chi connectivity index (χ3v) is 1.11. The molecule has 0 atom stereocenters. The van der Waals surface area contributed by atoms with Crippen molar-refractivity contribution >= 4 is 5.91 Å². The number of rotatable bonds is 7. The van der Waals surface area contributed by atoms with Gasteiger partial charge in [-0.05, 0) is 13.0 Å². The first kappa shape index (κ1) is 11.1. The van der Waals surface area contributed by atoms with Crippen LogP contribution < -0.4 is 5.32 Å². The van der Waals surface area contributed by atoms with Crippen molar-refractivity contribution in [3.8, 4) is 0 Å². The monoisotopic (exact) mass is 173 g/mol. The Labute approximate surface area is 72.5 Å². The van der Waals surface area contributed by atoms with Gasteiger partial charge in [-0.25, -0.2) is 0 Å². The van der Waals surface area contributed by atoms with Crippen LogP contribution in [0.3, 0.4) is 0 Å². The first-order chi connectivity index (χ1) is 5.81. The summed E-state index contributed by atoms with van der Waals surface area (Å²) in [6.07, 6.45) is 1.20. The first-order valence-electron chi connectivity index (χ1n) is 3.87. The van der Waals surface area contributed by atoms with Crippen molar-refractivity contribution in [1.29, 1.82) is 0 Å². The van der Waals surface area contributed by atoms with Crippen molar-refractivity contribution in [2.75, 3.05) is 26.6 Å². The maximum absolute atomic E-state index is 10.6. The summed E-state index contributed by atoms with van der Waals surface area (Å²) in [7, 11) is 0. The highest BCUT2D eigenvalue weighted by molar-refractivity contribution is 5.86. The summed E-state index contributed by atoms with van der Waals surface area (Å²) in [5.74, 6) is -0.230. The topological polar surface area (TPSA) is 47.6 Å². The smallest absolute Gasteiger partial charge is 0.245 e. The molecular formula is C8H15NO3. The van der Waals surface area contributed by atoms with E-state index in [9.17, 15) is 4.79 Å². The summed E-state index contributed by atoms with van der Waals surface area (Å²) in [5, 5.41) is 2.47. The van der Waals surface area contributed by atoms with Crippen LogP contribution in [-0.2, 0) is 14.3 Å². The van der Waals surface area contributed by atoms with Gasteiger partial charge in [0.15, 0.2) is 0 Å². The van der Waals surface area contributed by atoms with Gasteiger partial charge in [-0.3, -0.25) is 4.79 Å². The fourth-order valence-electron chi connectivity index (χ4n) is 0.529. The van der Waals surface area contributed by atoms with Crippen LogP contribution in [0.5, 0.6) is 0 Å². The maximum atomic E-state index is 10.6. The summed E-state index contributed by atoms with van der Waals surface area (Å²) in [6.45, 7) is 7.15. The van der Waals surface area contributed by atoms with Crippen LogP contribution in [0.25, 0.3) is 0 Å². The molecule has 0 saturated carbocycles. The van der Waals surface area contributed by atoms with E-state index in [2.05, 4.69) is 11.9 Å². The van der Waals surface area contributed by atoms with Crippen molar-refractivity contribution in [3.05, 3.63) is 12.7 Å². The predicted molar refractivity (Wildman–Crippen MR) is 45.7 cm³/mol. The Bertz CT molecular complexity index is 136. The van der Waals surface area contributed by atoms with Crippen LogP contribution in [0.15, 0.2) is 12.7 Å². The molecule has 4 heteroatoms. The Morgan fingerprint density at radius 3 is 2.75 bits per heavy atom. The van der Waals surface area contributed by atoms with Crippen LogP contribution in [0, 0.1) is 0 Å². The second-order valence-corrected chi connectivity index (χ2v) is 1.99. The third-order valence-electron chi connectivity index (χ3n) is 1.11. The molecule has 0 bridgehead atoms. The first-order valence-corrected chi connectivity index (χ1v) is 3.87. The van der Waals surface area contributed by atoms with E-state index < -0.39 is 0 Å². The standard InChI is InChI=1S/C8H15NO3/c1-3-8(10)9-7-12-6-5-11-4-2/h3H,1,4-7H2,2H3,(H,9,10). The molecule has 0 aliphatic carbocycles. The number of carbonyl (C=O) groups excluding carboxylic acids is 1. The van der Waals surface area contributed by atoms with E-state index >= 15 is 0 Å². The minimum absolute atomic E-state index is 0.206. The average molecular weight is 173 g/mol. The lowest BCUT2D eigenvalue weighted by atomic mass is 10.6. The van der Waals surface area contributed by atoms with Gasteiger partial charge in [-0.2, -0.15) is 0 Å². The van der Waals surface area contributed by atoms with Crippen molar-refractivity contribution in [2.45, 2.75) is 6.92 Å². The summed E-state index contributed by atoms with van der Waals surface area (Å²) < 4.78 is 10.0. The van der Waals surface area contributed by atoms with Crippen molar-refractivity contribution in [2.24, 2.45) is 0 Å². The Hall–Kier alpha value is -0.870. The number of hydrogen-bond acceptors (Lipinski definition) is 3. The molecule has 1 N–H and O–H groups in total. The molecular weight excluding hydrogens is 158 g/mol. The number of nitrogens with one attached hydrogen (secondary N) is 1. The second kappa shape index (κ2) is 8.23. The highest BCUT2D eigenvalue weighted by atomic mass is 16.5. The lowest BCUT2D eigenvalue weighted by molar-refractivity contribution is -0.118. The van der Waals surface area contributed by atoms with Crippen LogP contribution in [0.2, 0.25) is 0 Å². The van der Waals surface area contributed by atoms with Gasteiger partial charge in [0.1, 0.15) is 6.73 Å². The SMILES string of the molecule is C=CC(=O)NCOCCOCC. The highest BCUT2D eigenvalue weighted by Gasteiger charge is 1.91. The average Bonchev–Trinajstić information content (AvgIpc) is 2.10. The van der Waals surface area contributed by atoms with Crippen molar-refractivity contribution in [1.82, 2.24) is 5.32 Å². The summed E-state index contributed by atoms with van der Waals surface area (Å²) in [4.78, 5) is 10.6. The van der Waals surface area contributed by atoms with Gasteiger partial charge in [0.2, 0.25) is 5.91 Å². The highest BCUT2D eigenvalue weighted by Crippen LogP contribution is 1.76. The molecule has 0 aliphatic rings. The molecule has 0 heterocycles. The number of amides is 1. The molecule has 12 heavy (non-hydrogen) atoms. The Balaban J connectivity index is 3.00. The molecule has 0 aromatic rings. The Morgan fingerprint density at radius 1 is 1.50 bits per heavy atom. The van der Waals surface area contributed by atoms with Crippen LogP contribution >= 0.6 is 0 Å². The number of carbonyl (C=O) groups is 1. The van der Waals surface area contributed by atoms with Crippen LogP contribution in [0.1, 0.15) is 6.92 Å². The van der Waals surface area contributed by atoms with Gasteiger partial charge in [-0.1, -0.05) is 6.58 Å². The molecule has 0 rings (SSSR count). The summed E-state index contributed by atoms with van der Waals surface area (Å²) in [5.41, 5.74) is 0. The van der Waals surface area contributed by atoms with E-state index in [-0.39, 0.29) is 12.6 Å².